The third-order valence-electron chi connectivity index (χ3n) is 9.90. The first-order valence-electron chi connectivity index (χ1n) is 12.7. The number of hydrogen-bond acceptors (Lipinski definition) is 3. The molecule has 0 aromatic heterocycles. The molecule has 1 saturated heterocycles. The van der Waals surface area contributed by atoms with E-state index in [-0.39, 0.29) is 22.6 Å². The Morgan fingerprint density at radius 3 is 2.58 bits per heavy atom. The molecule has 2 saturated carbocycles. The largest absolute Gasteiger partial charge is 0.370 e. The highest BCUT2D eigenvalue weighted by Gasteiger charge is 2.65. The van der Waals surface area contributed by atoms with Gasteiger partial charge in [0.25, 0.3) is 0 Å². The standard InChI is InChI=1S/C30H34O3/c1-18-13-15-33-30(18)14-12-27-25-10-8-22-16-23(32)9-11-24(22)28(25)26(17-29(27,30)3)21-6-4-20(5-7-21)19(2)31/h4-7,16,25-27H,1,8-15,17H2,2-3H3. The topological polar surface area (TPSA) is 43.4 Å². The molecular formula is C30H34O3. The average Bonchev–Trinajstić information content (AvgIpc) is 3.33. The van der Waals surface area contributed by atoms with Crippen molar-refractivity contribution in [3.8, 4) is 0 Å². The van der Waals surface area contributed by atoms with Gasteiger partial charge in [-0.05, 0) is 92.1 Å². The fraction of sp³-hybridized carbons (Fsp3) is 0.533. The molecule has 1 aromatic rings. The molecular weight excluding hydrogens is 408 g/mol. The molecule has 5 atom stereocenters. The van der Waals surface area contributed by atoms with Crippen LogP contribution in [0.25, 0.3) is 0 Å². The number of ketones is 2. The molecule has 0 radical (unpaired) electrons. The van der Waals surface area contributed by atoms with Gasteiger partial charge in [0.1, 0.15) is 0 Å². The second-order valence-electron chi connectivity index (χ2n) is 11.2. The summed E-state index contributed by atoms with van der Waals surface area (Å²) in [5.41, 5.74) is 7.60. The maximum Gasteiger partial charge on any atom is 0.159 e. The molecule has 0 N–H and O–H groups in total. The normalized spacial score (nSPS) is 37.6. The van der Waals surface area contributed by atoms with E-state index in [0.29, 0.717) is 24.2 Å². The lowest BCUT2D eigenvalue weighted by Gasteiger charge is -2.55. The van der Waals surface area contributed by atoms with Crippen molar-refractivity contribution in [1.29, 1.82) is 0 Å². The highest BCUT2D eigenvalue weighted by atomic mass is 16.5. The van der Waals surface area contributed by atoms with Crippen molar-refractivity contribution >= 4 is 11.6 Å². The van der Waals surface area contributed by atoms with E-state index in [0.717, 1.165) is 50.7 Å². The predicted octanol–water partition coefficient (Wildman–Crippen LogP) is 6.50. The summed E-state index contributed by atoms with van der Waals surface area (Å²) in [6.45, 7) is 9.42. The van der Waals surface area contributed by atoms with Crippen molar-refractivity contribution in [3.63, 3.8) is 0 Å². The summed E-state index contributed by atoms with van der Waals surface area (Å²) in [6, 6.07) is 8.33. The van der Waals surface area contributed by atoms with Gasteiger partial charge in [-0.1, -0.05) is 43.3 Å². The van der Waals surface area contributed by atoms with Gasteiger partial charge in [0, 0.05) is 23.3 Å². The molecule has 0 amide bonds. The van der Waals surface area contributed by atoms with Crippen LogP contribution in [0.2, 0.25) is 0 Å². The number of allylic oxidation sites excluding steroid dienone is 4. The molecule has 5 aliphatic rings. The van der Waals surface area contributed by atoms with Crippen molar-refractivity contribution < 1.29 is 14.3 Å². The molecule has 6 rings (SSSR count). The van der Waals surface area contributed by atoms with Gasteiger partial charge < -0.3 is 4.74 Å². The van der Waals surface area contributed by atoms with E-state index in [9.17, 15) is 9.59 Å². The van der Waals surface area contributed by atoms with Gasteiger partial charge in [-0.3, -0.25) is 9.59 Å². The Hall–Kier alpha value is -2.26. The van der Waals surface area contributed by atoms with Gasteiger partial charge in [-0.15, -0.1) is 0 Å². The fourth-order valence-electron chi connectivity index (χ4n) is 8.37. The van der Waals surface area contributed by atoms with E-state index in [1.165, 1.54) is 28.7 Å². The van der Waals surface area contributed by atoms with Crippen LogP contribution in [0.5, 0.6) is 0 Å². The maximum absolute atomic E-state index is 12.2. The molecule has 1 heterocycles. The van der Waals surface area contributed by atoms with Gasteiger partial charge in [0.2, 0.25) is 0 Å². The summed E-state index contributed by atoms with van der Waals surface area (Å²) in [4.78, 5) is 24.1. The quantitative estimate of drug-likeness (QED) is 0.388. The third-order valence-corrected chi connectivity index (χ3v) is 9.90. The van der Waals surface area contributed by atoms with Gasteiger partial charge in [0.15, 0.2) is 11.6 Å². The van der Waals surface area contributed by atoms with Crippen LogP contribution in [-0.2, 0) is 9.53 Å². The first kappa shape index (κ1) is 21.3. The number of rotatable bonds is 2. The van der Waals surface area contributed by atoms with Crippen LogP contribution < -0.4 is 0 Å². The molecule has 1 spiro atoms. The Balaban J connectivity index is 1.52. The third kappa shape index (κ3) is 2.91. The number of fused-ring (bicyclic) bond motifs is 5. The summed E-state index contributed by atoms with van der Waals surface area (Å²) >= 11 is 0. The Kier molecular flexibility index (Phi) is 4.75. The average molecular weight is 443 g/mol. The van der Waals surface area contributed by atoms with Crippen molar-refractivity contribution in [2.75, 3.05) is 6.61 Å². The lowest BCUT2D eigenvalue weighted by atomic mass is 9.50. The van der Waals surface area contributed by atoms with E-state index in [2.05, 4.69) is 25.6 Å². The Labute approximate surface area is 197 Å². The van der Waals surface area contributed by atoms with Gasteiger partial charge >= 0.3 is 0 Å². The molecule has 3 nitrogen and oxygen atoms in total. The van der Waals surface area contributed by atoms with Gasteiger partial charge in [-0.25, -0.2) is 0 Å². The van der Waals surface area contributed by atoms with Crippen LogP contribution in [0.1, 0.15) is 87.1 Å². The van der Waals surface area contributed by atoms with E-state index in [4.69, 9.17) is 4.74 Å². The number of benzene rings is 1. The predicted molar refractivity (Wildman–Crippen MR) is 129 cm³/mol. The Morgan fingerprint density at radius 1 is 1.09 bits per heavy atom. The molecule has 3 fully saturated rings. The van der Waals surface area contributed by atoms with Crippen molar-refractivity contribution in [2.45, 2.75) is 76.7 Å². The minimum atomic E-state index is -0.190. The first-order valence-corrected chi connectivity index (χ1v) is 12.7. The maximum atomic E-state index is 12.2. The highest BCUT2D eigenvalue weighted by molar-refractivity contribution is 5.94. The molecule has 1 aromatic carbocycles. The van der Waals surface area contributed by atoms with Crippen LogP contribution >= 0.6 is 0 Å². The van der Waals surface area contributed by atoms with Crippen LogP contribution in [0.15, 0.2) is 59.2 Å². The number of ether oxygens (including phenoxy) is 1. The smallest absolute Gasteiger partial charge is 0.159 e. The fourth-order valence-corrected chi connectivity index (χ4v) is 8.37. The first-order chi connectivity index (χ1) is 15.8. The second-order valence-corrected chi connectivity index (χ2v) is 11.2. The molecule has 4 aliphatic carbocycles. The number of carbonyl (C=O) groups excluding carboxylic acids is 2. The zero-order valence-electron chi connectivity index (χ0n) is 19.9. The van der Waals surface area contributed by atoms with Gasteiger partial charge in [0.05, 0.1) is 12.2 Å². The zero-order valence-corrected chi connectivity index (χ0v) is 19.9. The monoisotopic (exact) mass is 442 g/mol. The van der Waals surface area contributed by atoms with Crippen molar-refractivity contribution in [1.82, 2.24) is 0 Å². The van der Waals surface area contributed by atoms with Crippen LogP contribution in [0.3, 0.4) is 0 Å². The number of Topliss-reactive ketones (excluding diaryl/α,β-unsaturated/α-hetero) is 1. The van der Waals surface area contributed by atoms with Crippen LogP contribution in [0.4, 0.5) is 0 Å². The Morgan fingerprint density at radius 2 is 1.88 bits per heavy atom. The lowest BCUT2D eigenvalue weighted by molar-refractivity contribution is -0.114. The lowest BCUT2D eigenvalue weighted by Crippen LogP contribution is -2.52. The minimum absolute atomic E-state index is 0.0604. The van der Waals surface area contributed by atoms with E-state index in [1.54, 1.807) is 12.5 Å². The number of hydrogen-bond donors (Lipinski definition) is 0. The van der Waals surface area contributed by atoms with E-state index < -0.39 is 0 Å². The van der Waals surface area contributed by atoms with Crippen LogP contribution in [-0.4, -0.2) is 23.8 Å². The second kappa shape index (κ2) is 7.37. The van der Waals surface area contributed by atoms with Gasteiger partial charge in [-0.2, -0.15) is 0 Å². The van der Waals surface area contributed by atoms with E-state index >= 15 is 0 Å². The highest BCUT2D eigenvalue weighted by Crippen LogP contribution is 2.70. The molecule has 5 unspecified atom stereocenters. The summed E-state index contributed by atoms with van der Waals surface area (Å²) < 4.78 is 6.61. The number of carbonyl (C=O) groups is 2. The summed E-state index contributed by atoms with van der Waals surface area (Å²) in [5, 5.41) is 0. The Bertz CT molecular complexity index is 1120. The van der Waals surface area contributed by atoms with Crippen molar-refractivity contribution in [2.24, 2.45) is 17.3 Å². The molecule has 3 heteroatoms. The zero-order chi connectivity index (χ0) is 23.0. The van der Waals surface area contributed by atoms with Crippen molar-refractivity contribution in [3.05, 3.63) is 70.3 Å². The molecule has 1 aliphatic heterocycles. The minimum Gasteiger partial charge on any atom is -0.370 e. The summed E-state index contributed by atoms with van der Waals surface area (Å²) in [6.07, 6.45) is 9.92. The molecule has 172 valence electrons. The van der Waals surface area contributed by atoms with E-state index in [1.807, 2.05) is 18.2 Å². The summed E-state index contributed by atoms with van der Waals surface area (Å²) in [5.74, 6) is 1.83. The molecule has 0 bridgehead atoms. The SMILES string of the molecule is C=C1CCOC12CCC1C3CCC4=CC(=O)CCC4=C3C(c3ccc(C(C)=O)cc3)CC12C. The summed E-state index contributed by atoms with van der Waals surface area (Å²) in [7, 11) is 0. The van der Waals surface area contributed by atoms with Crippen LogP contribution in [0, 0.1) is 17.3 Å². The molecule has 33 heavy (non-hydrogen) atoms.